The molecule has 0 aromatic carbocycles. The summed E-state index contributed by atoms with van der Waals surface area (Å²) in [5, 5.41) is 0. The highest BCUT2D eigenvalue weighted by atomic mass is 16.5. The summed E-state index contributed by atoms with van der Waals surface area (Å²) in [5.41, 5.74) is 0. The number of unbranched alkanes of at least 4 members (excludes halogenated alkanes) is 1. The number of hydrogen-bond acceptors (Lipinski definition) is 2. The SMILES string of the molecule is CC#CCCCOCCC(C)=O. The molecule has 0 saturated heterocycles. The third kappa shape index (κ3) is 9.19. The Kier molecular flexibility index (Phi) is 7.73. The minimum Gasteiger partial charge on any atom is -0.381 e. The standard InChI is InChI=1S/C10H16O2/c1-3-4-5-6-8-12-9-7-10(2)11/h5-9H2,1-2H3. The van der Waals surface area contributed by atoms with Gasteiger partial charge in [-0.05, 0) is 20.3 Å². The van der Waals surface area contributed by atoms with E-state index in [0.717, 1.165) is 12.8 Å². The third-order valence-electron chi connectivity index (χ3n) is 1.37. The first kappa shape index (κ1) is 11.2. The lowest BCUT2D eigenvalue weighted by atomic mass is 10.3. The van der Waals surface area contributed by atoms with Gasteiger partial charge in [0.15, 0.2) is 0 Å². The van der Waals surface area contributed by atoms with E-state index in [1.54, 1.807) is 6.92 Å². The van der Waals surface area contributed by atoms with Crippen molar-refractivity contribution in [1.29, 1.82) is 0 Å². The van der Waals surface area contributed by atoms with Crippen molar-refractivity contribution in [2.24, 2.45) is 0 Å². The van der Waals surface area contributed by atoms with Gasteiger partial charge in [0, 0.05) is 19.4 Å². The Hall–Kier alpha value is -0.810. The Morgan fingerprint density at radius 1 is 1.42 bits per heavy atom. The maximum absolute atomic E-state index is 10.5. The van der Waals surface area contributed by atoms with Gasteiger partial charge in [-0.2, -0.15) is 0 Å². The highest BCUT2D eigenvalue weighted by Crippen LogP contribution is 1.90. The fourth-order valence-corrected chi connectivity index (χ4v) is 0.706. The molecular formula is C10H16O2. The van der Waals surface area contributed by atoms with Crippen LogP contribution in [0.2, 0.25) is 0 Å². The Labute approximate surface area is 74.3 Å². The topological polar surface area (TPSA) is 26.3 Å². The van der Waals surface area contributed by atoms with Crippen LogP contribution in [-0.2, 0) is 9.53 Å². The average Bonchev–Trinajstić information content (AvgIpc) is 2.02. The first-order valence-corrected chi connectivity index (χ1v) is 4.24. The van der Waals surface area contributed by atoms with Crippen LogP contribution in [-0.4, -0.2) is 19.0 Å². The van der Waals surface area contributed by atoms with Crippen molar-refractivity contribution < 1.29 is 9.53 Å². The number of carbonyl (C=O) groups is 1. The predicted octanol–water partition coefficient (Wildman–Crippen LogP) is 1.79. The molecule has 0 unspecified atom stereocenters. The molecule has 0 aromatic heterocycles. The highest BCUT2D eigenvalue weighted by molar-refractivity contribution is 5.75. The van der Waals surface area contributed by atoms with Crippen molar-refractivity contribution in [1.82, 2.24) is 0 Å². The van der Waals surface area contributed by atoms with Gasteiger partial charge < -0.3 is 4.74 Å². The van der Waals surface area contributed by atoms with Crippen molar-refractivity contribution in [2.75, 3.05) is 13.2 Å². The molecule has 0 atom stereocenters. The Balaban J connectivity index is 2.99. The van der Waals surface area contributed by atoms with E-state index in [9.17, 15) is 4.79 Å². The second-order valence-corrected chi connectivity index (χ2v) is 2.59. The summed E-state index contributed by atoms with van der Waals surface area (Å²) in [6.45, 7) is 4.67. The van der Waals surface area contributed by atoms with E-state index in [1.807, 2.05) is 6.92 Å². The lowest BCUT2D eigenvalue weighted by Crippen LogP contribution is -2.01. The molecule has 0 aliphatic carbocycles. The smallest absolute Gasteiger partial charge is 0.132 e. The van der Waals surface area contributed by atoms with Crippen molar-refractivity contribution in [3.05, 3.63) is 0 Å². The van der Waals surface area contributed by atoms with Crippen LogP contribution in [0.3, 0.4) is 0 Å². The predicted molar refractivity (Wildman–Crippen MR) is 48.8 cm³/mol. The zero-order chi connectivity index (χ0) is 9.23. The second-order valence-electron chi connectivity index (χ2n) is 2.59. The van der Waals surface area contributed by atoms with Crippen LogP contribution in [0.5, 0.6) is 0 Å². The molecule has 2 nitrogen and oxygen atoms in total. The van der Waals surface area contributed by atoms with Gasteiger partial charge in [-0.1, -0.05) is 0 Å². The lowest BCUT2D eigenvalue weighted by molar-refractivity contribution is -0.118. The summed E-state index contributed by atoms with van der Waals surface area (Å²) < 4.78 is 5.20. The summed E-state index contributed by atoms with van der Waals surface area (Å²) in [6.07, 6.45) is 2.37. The van der Waals surface area contributed by atoms with Crippen LogP contribution in [0.1, 0.15) is 33.1 Å². The highest BCUT2D eigenvalue weighted by Gasteiger charge is 1.92. The summed E-state index contributed by atoms with van der Waals surface area (Å²) >= 11 is 0. The molecular weight excluding hydrogens is 152 g/mol. The van der Waals surface area contributed by atoms with Crippen LogP contribution in [0, 0.1) is 11.8 Å². The third-order valence-corrected chi connectivity index (χ3v) is 1.37. The zero-order valence-electron chi connectivity index (χ0n) is 7.85. The molecule has 12 heavy (non-hydrogen) atoms. The van der Waals surface area contributed by atoms with E-state index in [4.69, 9.17) is 4.74 Å². The van der Waals surface area contributed by atoms with Crippen LogP contribution >= 0.6 is 0 Å². The minimum atomic E-state index is 0.184. The van der Waals surface area contributed by atoms with Gasteiger partial charge in [-0.25, -0.2) is 0 Å². The Morgan fingerprint density at radius 3 is 2.75 bits per heavy atom. The van der Waals surface area contributed by atoms with Gasteiger partial charge in [-0.15, -0.1) is 11.8 Å². The van der Waals surface area contributed by atoms with Crippen molar-refractivity contribution >= 4 is 5.78 Å². The molecule has 68 valence electrons. The molecule has 0 heterocycles. The quantitative estimate of drug-likeness (QED) is 0.446. The normalized spacial score (nSPS) is 8.83. The van der Waals surface area contributed by atoms with Crippen molar-refractivity contribution in [2.45, 2.75) is 33.1 Å². The first-order valence-electron chi connectivity index (χ1n) is 4.24. The summed E-state index contributed by atoms with van der Waals surface area (Å²) in [4.78, 5) is 10.5. The molecule has 0 bridgehead atoms. The van der Waals surface area contributed by atoms with Crippen LogP contribution in [0.4, 0.5) is 0 Å². The molecule has 0 amide bonds. The molecule has 0 radical (unpaired) electrons. The lowest BCUT2D eigenvalue weighted by Gasteiger charge is -1.99. The fourth-order valence-electron chi connectivity index (χ4n) is 0.706. The Bertz CT molecular complexity index is 174. The maximum atomic E-state index is 10.5. The second kappa shape index (κ2) is 8.29. The molecule has 0 spiro atoms. The number of Topliss-reactive ketones (excluding diaryl/α,β-unsaturated/α-hetero) is 1. The minimum absolute atomic E-state index is 0.184. The van der Waals surface area contributed by atoms with Crippen LogP contribution in [0.15, 0.2) is 0 Å². The van der Waals surface area contributed by atoms with Gasteiger partial charge in [-0.3, -0.25) is 4.79 Å². The van der Waals surface area contributed by atoms with Crippen molar-refractivity contribution in [3.8, 4) is 11.8 Å². The largest absolute Gasteiger partial charge is 0.381 e. The number of ether oxygens (including phenoxy) is 1. The molecule has 0 saturated carbocycles. The van der Waals surface area contributed by atoms with Gasteiger partial charge in [0.1, 0.15) is 5.78 Å². The molecule has 0 rings (SSSR count). The average molecular weight is 168 g/mol. The van der Waals surface area contributed by atoms with Crippen LogP contribution in [0.25, 0.3) is 0 Å². The Morgan fingerprint density at radius 2 is 2.17 bits per heavy atom. The van der Waals surface area contributed by atoms with Gasteiger partial charge in [0.25, 0.3) is 0 Å². The number of hydrogen-bond donors (Lipinski definition) is 0. The van der Waals surface area contributed by atoms with Gasteiger partial charge in [0.2, 0.25) is 0 Å². The molecule has 0 N–H and O–H groups in total. The van der Waals surface area contributed by atoms with E-state index < -0.39 is 0 Å². The van der Waals surface area contributed by atoms with E-state index >= 15 is 0 Å². The number of ketones is 1. The number of carbonyl (C=O) groups excluding carboxylic acids is 1. The van der Waals surface area contributed by atoms with E-state index in [0.29, 0.717) is 19.6 Å². The van der Waals surface area contributed by atoms with Gasteiger partial charge in [0.05, 0.1) is 6.61 Å². The fraction of sp³-hybridized carbons (Fsp3) is 0.700. The van der Waals surface area contributed by atoms with Crippen LogP contribution < -0.4 is 0 Å². The first-order chi connectivity index (χ1) is 5.77. The maximum Gasteiger partial charge on any atom is 0.132 e. The molecule has 0 aliphatic rings. The summed E-state index contributed by atoms with van der Waals surface area (Å²) in [7, 11) is 0. The number of rotatable bonds is 6. The molecule has 2 heteroatoms. The van der Waals surface area contributed by atoms with Crippen molar-refractivity contribution in [3.63, 3.8) is 0 Å². The monoisotopic (exact) mass is 168 g/mol. The zero-order valence-corrected chi connectivity index (χ0v) is 7.85. The van der Waals surface area contributed by atoms with Gasteiger partial charge >= 0.3 is 0 Å². The molecule has 0 fully saturated rings. The van der Waals surface area contributed by atoms with E-state index in [-0.39, 0.29) is 5.78 Å². The van der Waals surface area contributed by atoms with E-state index in [2.05, 4.69) is 11.8 Å². The summed E-state index contributed by atoms with van der Waals surface area (Å²) in [5.74, 6) is 5.95. The summed E-state index contributed by atoms with van der Waals surface area (Å²) in [6, 6.07) is 0. The molecule has 0 aromatic rings. The van der Waals surface area contributed by atoms with E-state index in [1.165, 1.54) is 0 Å². The molecule has 0 aliphatic heterocycles.